The van der Waals surface area contributed by atoms with Crippen LogP contribution in [0, 0.1) is 6.92 Å². The second-order valence-corrected chi connectivity index (χ2v) is 6.08. The third-order valence-corrected chi connectivity index (χ3v) is 4.39. The lowest BCUT2D eigenvalue weighted by Gasteiger charge is -2.19. The van der Waals surface area contributed by atoms with E-state index in [1.165, 1.54) is 19.2 Å². The summed E-state index contributed by atoms with van der Waals surface area (Å²) in [4.78, 5) is 32.4. The van der Waals surface area contributed by atoms with E-state index in [1.54, 1.807) is 0 Å². The Bertz CT molecular complexity index is 938. The molecule has 1 heterocycles. The highest BCUT2D eigenvalue weighted by molar-refractivity contribution is 9.12. The Morgan fingerprint density at radius 1 is 1.16 bits per heavy atom. The Hall–Kier alpha value is -2.55. The van der Waals surface area contributed by atoms with Gasteiger partial charge in [0.05, 0.1) is 15.6 Å². The highest BCUT2D eigenvalue weighted by Gasteiger charge is 2.34. The number of carbonyl (C=O) groups excluding carboxylic acids is 2. The first-order chi connectivity index (χ1) is 11.7. The van der Waals surface area contributed by atoms with Gasteiger partial charge in [0.15, 0.2) is 0 Å². The van der Waals surface area contributed by atoms with Crippen LogP contribution in [0.3, 0.4) is 0 Å². The van der Waals surface area contributed by atoms with Crippen LogP contribution in [-0.2, 0) is 6.18 Å². The molecule has 0 amide bonds. The molecule has 9 heteroatoms. The van der Waals surface area contributed by atoms with Crippen LogP contribution in [-0.4, -0.2) is 21.5 Å². The Kier molecular flexibility index (Phi) is 4.19. The molecule has 0 fully saturated rings. The summed E-state index contributed by atoms with van der Waals surface area (Å²) in [6.45, 7) is 1.47. The molecule has 0 radical (unpaired) electrons. The van der Waals surface area contributed by atoms with E-state index in [4.69, 9.17) is 0 Å². The summed E-state index contributed by atoms with van der Waals surface area (Å²) in [5, 5.41) is 2.74. The summed E-state index contributed by atoms with van der Waals surface area (Å²) in [5.41, 5.74) is -0.313. The Morgan fingerprint density at radius 3 is 2.52 bits per heavy atom. The number of hydrogen-bond donors (Lipinski definition) is 1. The number of nitrogens with zero attached hydrogens (tertiary/aromatic N) is 2. The molecular formula is C16H9BrF3N3O2. The predicted molar refractivity (Wildman–Crippen MR) is 86.4 cm³/mol. The van der Waals surface area contributed by atoms with Gasteiger partial charge in [-0.2, -0.15) is 13.2 Å². The van der Waals surface area contributed by atoms with E-state index in [0.29, 0.717) is 0 Å². The van der Waals surface area contributed by atoms with E-state index in [1.807, 2.05) is 0 Å². The number of fused-ring (bicyclic) bond motifs is 1. The number of carbonyl (C=O) groups is 2. The standard InChI is InChI=1S/C16H9BrF3N3O2/c1-7-4-8(16(18,19)20)2-3-10(7)23-13-11(17)15(25)12-9(14(13)24)5-21-6-22-12/h2-6,23H,1H3. The first kappa shape index (κ1) is 17.3. The number of aryl methyl sites for hydroxylation is 1. The molecule has 25 heavy (non-hydrogen) atoms. The van der Waals surface area contributed by atoms with Crippen LogP contribution in [0.1, 0.15) is 32.0 Å². The fraction of sp³-hybridized carbons (Fsp3) is 0.125. The Labute approximate surface area is 148 Å². The van der Waals surface area contributed by atoms with Crippen molar-refractivity contribution in [3.63, 3.8) is 0 Å². The van der Waals surface area contributed by atoms with Gasteiger partial charge in [0, 0.05) is 11.9 Å². The highest BCUT2D eigenvalue weighted by atomic mass is 79.9. The quantitative estimate of drug-likeness (QED) is 0.810. The maximum Gasteiger partial charge on any atom is 0.416 e. The number of aromatic nitrogens is 2. The fourth-order valence-corrected chi connectivity index (χ4v) is 2.82. The van der Waals surface area contributed by atoms with Crippen LogP contribution < -0.4 is 5.32 Å². The van der Waals surface area contributed by atoms with Crippen molar-refractivity contribution in [2.24, 2.45) is 0 Å². The van der Waals surface area contributed by atoms with Crippen molar-refractivity contribution in [3.05, 3.63) is 63.3 Å². The lowest BCUT2D eigenvalue weighted by molar-refractivity contribution is -0.137. The number of nitrogens with one attached hydrogen (secondary N) is 1. The van der Waals surface area contributed by atoms with E-state index in [0.717, 1.165) is 18.5 Å². The molecule has 0 saturated carbocycles. The fourth-order valence-electron chi connectivity index (χ4n) is 2.36. The summed E-state index contributed by atoms with van der Waals surface area (Å²) in [6, 6.07) is 3.07. The molecular weight excluding hydrogens is 403 g/mol. The Balaban J connectivity index is 2.00. The molecule has 2 aromatic rings. The normalized spacial score (nSPS) is 14.6. The summed E-state index contributed by atoms with van der Waals surface area (Å²) in [7, 11) is 0. The molecule has 1 aliphatic carbocycles. The van der Waals surface area contributed by atoms with Gasteiger partial charge >= 0.3 is 6.18 Å². The number of ketones is 2. The smallest absolute Gasteiger partial charge is 0.351 e. The molecule has 0 atom stereocenters. The van der Waals surface area contributed by atoms with Gasteiger partial charge in [0.25, 0.3) is 0 Å². The molecule has 0 aliphatic heterocycles. The molecule has 0 spiro atoms. The van der Waals surface area contributed by atoms with E-state index in [2.05, 4.69) is 31.2 Å². The van der Waals surface area contributed by atoms with Crippen LogP contribution in [0.2, 0.25) is 0 Å². The number of halogens is 4. The van der Waals surface area contributed by atoms with Crippen molar-refractivity contribution in [2.75, 3.05) is 5.32 Å². The van der Waals surface area contributed by atoms with Gasteiger partial charge < -0.3 is 5.32 Å². The van der Waals surface area contributed by atoms with Gasteiger partial charge in [-0.15, -0.1) is 0 Å². The van der Waals surface area contributed by atoms with Crippen molar-refractivity contribution < 1.29 is 22.8 Å². The van der Waals surface area contributed by atoms with Crippen LogP contribution in [0.4, 0.5) is 18.9 Å². The number of allylic oxidation sites excluding steroid dienone is 2. The average molecular weight is 412 g/mol. The third kappa shape index (κ3) is 3.07. The molecule has 0 saturated heterocycles. The number of benzene rings is 1. The summed E-state index contributed by atoms with van der Waals surface area (Å²) in [5.74, 6) is -1.04. The molecule has 3 rings (SSSR count). The molecule has 1 aliphatic rings. The number of alkyl halides is 3. The monoisotopic (exact) mass is 411 g/mol. The van der Waals surface area contributed by atoms with Gasteiger partial charge in [-0.25, -0.2) is 9.97 Å². The zero-order valence-corrected chi connectivity index (χ0v) is 14.2. The predicted octanol–water partition coefficient (Wildman–Crippen LogP) is 3.90. The first-order valence-corrected chi connectivity index (χ1v) is 7.73. The average Bonchev–Trinajstić information content (AvgIpc) is 2.57. The number of rotatable bonds is 2. The summed E-state index contributed by atoms with van der Waals surface area (Å²) >= 11 is 3.07. The topological polar surface area (TPSA) is 72.0 Å². The van der Waals surface area contributed by atoms with Crippen LogP contribution in [0.15, 0.2) is 40.9 Å². The zero-order chi connectivity index (χ0) is 18.4. The molecule has 1 aromatic heterocycles. The second-order valence-electron chi connectivity index (χ2n) is 5.28. The van der Waals surface area contributed by atoms with Crippen molar-refractivity contribution in [1.82, 2.24) is 9.97 Å². The third-order valence-electron chi connectivity index (χ3n) is 3.63. The number of Topliss-reactive ketones (excluding diaryl/α,β-unsaturated/α-hetero) is 2. The molecule has 1 N–H and O–H groups in total. The molecule has 5 nitrogen and oxygen atoms in total. The number of hydrogen-bond acceptors (Lipinski definition) is 5. The van der Waals surface area contributed by atoms with Crippen LogP contribution in [0.25, 0.3) is 0 Å². The minimum Gasteiger partial charge on any atom is -0.351 e. The van der Waals surface area contributed by atoms with Crippen molar-refractivity contribution in [1.29, 1.82) is 0 Å². The lowest BCUT2D eigenvalue weighted by Crippen LogP contribution is -2.25. The van der Waals surface area contributed by atoms with Crippen molar-refractivity contribution in [2.45, 2.75) is 13.1 Å². The van der Waals surface area contributed by atoms with E-state index >= 15 is 0 Å². The lowest BCUT2D eigenvalue weighted by atomic mass is 9.98. The van der Waals surface area contributed by atoms with E-state index < -0.39 is 23.3 Å². The first-order valence-electron chi connectivity index (χ1n) is 6.94. The highest BCUT2D eigenvalue weighted by Crippen LogP contribution is 2.33. The maximum absolute atomic E-state index is 12.7. The van der Waals surface area contributed by atoms with Crippen LogP contribution >= 0.6 is 15.9 Å². The van der Waals surface area contributed by atoms with Gasteiger partial charge in [0.2, 0.25) is 11.6 Å². The van der Waals surface area contributed by atoms with Crippen LogP contribution in [0.5, 0.6) is 0 Å². The summed E-state index contributed by atoms with van der Waals surface area (Å²) in [6.07, 6.45) is -2.08. The van der Waals surface area contributed by atoms with Crippen molar-refractivity contribution >= 4 is 33.2 Å². The molecule has 0 bridgehead atoms. The maximum atomic E-state index is 12.7. The minimum absolute atomic E-state index is 0.0263. The number of anilines is 1. The van der Waals surface area contributed by atoms with E-state index in [-0.39, 0.29) is 32.7 Å². The van der Waals surface area contributed by atoms with Gasteiger partial charge in [-0.05, 0) is 46.6 Å². The Morgan fingerprint density at radius 2 is 1.88 bits per heavy atom. The van der Waals surface area contributed by atoms with Crippen molar-refractivity contribution in [3.8, 4) is 0 Å². The summed E-state index contributed by atoms with van der Waals surface area (Å²) < 4.78 is 38.2. The van der Waals surface area contributed by atoms with Gasteiger partial charge in [-0.3, -0.25) is 9.59 Å². The largest absolute Gasteiger partial charge is 0.416 e. The van der Waals surface area contributed by atoms with Gasteiger partial charge in [-0.1, -0.05) is 0 Å². The van der Waals surface area contributed by atoms with Gasteiger partial charge in [0.1, 0.15) is 17.7 Å². The molecule has 0 unspecified atom stereocenters. The SMILES string of the molecule is Cc1cc(C(F)(F)F)ccc1NC1=C(Br)C(=O)c2ncncc2C1=O. The molecule has 128 valence electrons. The zero-order valence-electron chi connectivity index (χ0n) is 12.6. The molecule has 1 aromatic carbocycles. The minimum atomic E-state index is -4.46. The second kappa shape index (κ2) is 6.07. The van der Waals surface area contributed by atoms with E-state index in [9.17, 15) is 22.8 Å².